The molecule has 1 amide bonds. The van der Waals surface area contributed by atoms with Crippen LogP contribution >= 0.6 is 0 Å². The second-order valence-electron chi connectivity index (χ2n) is 3.89. The minimum absolute atomic E-state index is 0.171. The highest BCUT2D eigenvalue weighted by molar-refractivity contribution is 6.01. The van der Waals surface area contributed by atoms with E-state index in [9.17, 15) is 4.79 Å². The van der Waals surface area contributed by atoms with Gasteiger partial charge in [-0.05, 0) is 29.8 Å². The molecule has 0 aliphatic heterocycles. The molecule has 0 fully saturated rings. The number of H-pyrrole nitrogens is 1. The van der Waals surface area contributed by atoms with E-state index in [1.165, 1.54) is 6.08 Å². The van der Waals surface area contributed by atoms with E-state index < -0.39 is 0 Å². The van der Waals surface area contributed by atoms with Crippen molar-refractivity contribution in [3.63, 3.8) is 0 Å². The number of pyridine rings is 1. The lowest BCUT2D eigenvalue weighted by Gasteiger charge is -2.00. The Labute approximate surface area is 111 Å². The highest BCUT2D eigenvalue weighted by atomic mass is 16.5. The van der Waals surface area contributed by atoms with E-state index in [4.69, 9.17) is 4.74 Å². The number of rotatable bonds is 4. The SMILES string of the molecule is COc1ccc(C=CC(=O)Nc2ccc[nH+]c2)cc1. The van der Waals surface area contributed by atoms with Gasteiger partial charge in [0.05, 0.1) is 7.11 Å². The van der Waals surface area contributed by atoms with Crippen molar-refractivity contribution < 1.29 is 14.5 Å². The predicted octanol–water partition coefficient (Wildman–Crippen LogP) is 2.16. The fraction of sp³-hybridized carbons (Fsp3) is 0.0667. The molecule has 0 aliphatic rings. The lowest BCUT2D eigenvalue weighted by atomic mass is 10.2. The van der Waals surface area contributed by atoms with Gasteiger partial charge in [0.15, 0.2) is 12.4 Å². The van der Waals surface area contributed by atoms with Crippen LogP contribution in [0.5, 0.6) is 5.75 Å². The summed E-state index contributed by atoms with van der Waals surface area (Å²) < 4.78 is 5.07. The molecule has 2 aromatic rings. The number of carbonyl (C=O) groups is 1. The van der Waals surface area contributed by atoms with Crippen LogP contribution in [0.4, 0.5) is 5.69 Å². The molecule has 0 saturated carbocycles. The van der Waals surface area contributed by atoms with Crippen LogP contribution in [-0.4, -0.2) is 13.0 Å². The molecule has 0 bridgehead atoms. The Morgan fingerprint density at radius 2 is 2.05 bits per heavy atom. The van der Waals surface area contributed by atoms with Crippen LogP contribution in [-0.2, 0) is 4.79 Å². The number of aromatic nitrogens is 1. The molecule has 0 aliphatic carbocycles. The molecule has 4 nitrogen and oxygen atoms in total. The number of methoxy groups -OCH3 is 1. The molecule has 0 spiro atoms. The number of anilines is 1. The second kappa shape index (κ2) is 6.35. The Kier molecular flexibility index (Phi) is 4.29. The molecule has 2 N–H and O–H groups in total. The van der Waals surface area contributed by atoms with Gasteiger partial charge in [0.25, 0.3) is 0 Å². The van der Waals surface area contributed by atoms with Crippen molar-refractivity contribution in [1.29, 1.82) is 0 Å². The summed E-state index contributed by atoms with van der Waals surface area (Å²) in [7, 11) is 1.62. The maximum atomic E-state index is 11.7. The fourth-order valence-corrected chi connectivity index (χ4v) is 1.54. The first-order valence-corrected chi connectivity index (χ1v) is 5.87. The summed E-state index contributed by atoms with van der Waals surface area (Å²) in [5.74, 6) is 0.622. The first-order valence-electron chi connectivity index (χ1n) is 5.87. The number of amides is 1. The number of aromatic amines is 1. The summed E-state index contributed by atoms with van der Waals surface area (Å²) in [5.41, 5.74) is 1.67. The zero-order chi connectivity index (χ0) is 13.5. The van der Waals surface area contributed by atoms with Gasteiger partial charge in [-0.2, -0.15) is 0 Å². The van der Waals surface area contributed by atoms with Gasteiger partial charge in [-0.3, -0.25) is 4.79 Å². The smallest absolute Gasteiger partial charge is 0.248 e. The third kappa shape index (κ3) is 3.96. The van der Waals surface area contributed by atoms with Gasteiger partial charge >= 0.3 is 0 Å². The number of ether oxygens (including phenoxy) is 1. The first kappa shape index (κ1) is 12.8. The van der Waals surface area contributed by atoms with Crippen LogP contribution in [0.2, 0.25) is 0 Å². The van der Waals surface area contributed by atoms with Crippen molar-refractivity contribution in [3.05, 3.63) is 60.4 Å². The molecule has 0 unspecified atom stereocenters. The lowest BCUT2D eigenvalue weighted by molar-refractivity contribution is -0.377. The highest BCUT2D eigenvalue weighted by Gasteiger charge is 1.99. The minimum Gasteiger partial charge on any atom is -0.497 e. The zero-order valence-electron chi connectivity index (χ0n) is 10.6. The Morgan fingerprint density at radius 3 is 2.68 bits per heavy atom. The van der Waals surface area contributed by atoms with Crippen LogP contribution in [0.15, 0.2) is 54.9 Å². The summed E-state index contributed by atoms with van der Waals surface area (Å²) in [4.78, 5) is 14.6. The third-order valence-electron chi connectivity index (χ3n) is 2.52. The van der Waals surface area contributed by atoms with Gasteiger partial charge in [0, 0.05) is 12.1 Å². The number of nitrogens with one attached hydrogen (secondary N) is 2. The molecule has 19 heavy (non-hydrogen) atoms. The van der Waals surface area contributed by atoms with Crippen LogP contribution in [0, 0.1) is 0 Å². The van der Waals surface area contributed by atoms with E-state index in [0.717, 1.165) is 17.0 Å². The lowest BCUT2D eigenvalue weighted by Crippen LogP contribution is -2.10. The molecule has 0 atom stereocenters. The van der Waals surface area contributed by atoms with Crippen molar-refractivity contribution in [2.75, 3.05) is 12.4 Å². The Hall–Kier alpha value is -2.62. The van der Waals surface area contributed by atoms with Crippen molar-refractivity contribution in [2.45, 2.75) is 0 Å². The average molecular weight is 255 g/mol. The molecule has 96 valence electrons. The van der Waals surface area contributed by atoms with Crippen molar-refractivity contribution in [3.8, 4) is 5.75 Å². The number of carbonyl (C=O) groups excluding carboxylic acids is 1. The quantitative estimate of drug-likeness (QED) is 0.851. The largest absolute Gasteiger partial charge is 0.497 e. The maximum absolute atomic E-state index is 11.7. The Morgan fingerprint density at radius 1 is 1.26 bits per heavy atom. The summed E-state index contributed by atoms with van der Waals surface area (Å²) in [5, 5.41) is 2.75. The van der Waals surface area contributed by atoms with E-state index in [1.54, 1.807) is 25.6 Å². The molecule has 2 rings (SSSR count). The topological polar surface area (TPSA) is 52.5 Å². The minimum atomic E-state index is -0.171. The molecule has 0 radical (unpaired) electrons. The maximum Gasteiger partial charge on any atom is 0.248 e. The summed E-state index contributed by atoms with van der Waals surface area (Å²) in [6.45, 7) is 0. The van der Waals surface area contributed by atoms with Gasteiger partial charge < -0.3 is 10.1 Å². The highest BCUT2D eigenvalue weighted by Crippen LogP contribution is 2.12. The van der Waals surface area contributed by atoms with Gasteiger partial charge in [-0.15, -0.1) is 0 Å². The van der Waals surface area contributed by atoms with Gasteiger partial charge in [0.1, 0.15) is 11.4 Å². The Balaban J connectivity index is 1.96. The number of hydrogen-bond acceptors (Lipinski definition) is 2. The van der Waals surface area contributed by atoms with Crippen molar-refractivity contribution in [2.24, 2.45) is 0 Å². The van der Waals surface area contributed by atoms with Crippen LogP contribution in [0.3, 0.4) is 0 Å². The third-order valence-corrected chi connectivity index (χ3v) is 2.52. The fourth-order valence-electron chi connectivity index (χ4n) is 1.54. The zero-order valence-corrected chi connectivity index (χ0v) is 10.6. The molecule has 1 aromatic carbocycles. The van der Waals surface area contributed by atoms with E-state index in [-0.39, 0.29) is 5.91 Å². The monoisotopic (exact) mass is 255 g/mol. The molecular formula is C15H15N2O2+. The number of hydrogen-bond donors (Lipinski definition) is 1. The van der Waals surface area contributed by atoms with Crippen LogP contribution in [0.1, 0.15) is 5.56 Å². The normalized spacial score (nSPS) is 10.4. The van der Waals surface area contributed by atoms with E-state index in [1.807, 2.05) is 36.4 Å². The molecule has 4 heteroatoms. The standard InChI is InChI=1S/C15H14N2O2/c1-19-14-7-4-12(5-8-14)6-9-15(18)17-13-3-2-10-16-11-13/h2-11H,1H3,(H,17,18)/p+1. The van der Waals surface area contributed by atoms with E-state index >= 15 is 0 Å². The summed E-state index contributed by atoms with van der Waals surface area (Å²) in [6.07, 6.45) is 6.75. The van der Waals surface area contributed by atoms with Gasteiger partial charge in [-0.25, -0.2) is 4.98 Å². The molecule has 0 saturated heterocycles. The van der Waals surface area contributed by atoms with Crippen molar-refractivity contribution in [1.82, 2.24) is 0 Å². The second-order valence-corrected chi connectivity index (χ2v) is 3.89. The van der Waals surface area contributed by atoms with E-state index in [2.05, 4.69) is 10.3 Å². The van der Waals surface area contributed by atoms with E-state index in [0.29, 0.717) is 0 Å². The molecule has 1 heterocycles. The molecular weight excluding hydrogens is 240 g/mol. The first-order chi connectivity index (χ1) is 9.28. The van der Waals surface area contributed by atoms with Crippen LogP contribution < -0.4 is 15.0 Å². The van der Waals surface area contributed by atoms with Crippen LogP contribution in [0.25, 0.3) is 6.08 Å². The molecule has 1 aromatic heterocycles. The number of benzene rings is 1. The summed E-state index contributed by atoms with van der Waals surface area (Å²) in [6, 6.07) is 11.1. The van der Waals surface area contributed by atoms with Gasteiger partial charge in [-0.1, -0.05) is 12.1 Å². The Bertz CT molecular complexity index is 562. The average Bonchev–Trinajstić information content (AvgIpc) is 2.47. The van der Waals surface area contributed by atoms with Gasteiger partial charge in [0.2, 0.25) is 5.91 Å². The predicted molar refractivity (Wildman–Crippen MR) is 73.7 cm³/mol. The van der Waals surface area contributed by atoms with Crippen molar-refractivity contribution >= 4 is 17.7 Å². The summed E-state index contributed by atoms with van der Waals surface area (Å²) >= 11 is 0.